The molecule has 0 saturated carbocycles. The lowest BCUT2D eigenvalue weighted by Gasteiger charge is -2.22. The van der Waals surface area contributed by atoms with Gasteiger partial charge in [-0.2, -0.15) is 0 Å². The standard InChI is InChI=1S/C33H44N2O4/c1-8-38-30(36)12-10-9-11-24-15-18-28-26(20-24)31(25-16-13-23(4)14-17-25)27(29(35-28)19-22(2)3)21-34-32(37)39-33(5,6)7/h13-18,20,22H,8-12,19,21H2,1-7H3,(H,34,37). The van der Waals surface area contributed by atoms with Crippen LogP contribution in [0, 0.1) is 12.8 Å². The Balaban J connectivity index is 2.04. The van der Waals surface area contributed by atoms with Crippen molar-refractivity contribution in [1.82, 2.24) is 10.3 Å². The number of nitrogens with one attached hydrogen (secondary N) is 1. The fraction of sp³-hybridized carbons (Fsp3) is 0.485. The molecular formula is C33H44N2O4. The fourth-order valence-electron chi connectivity index (χ4n) is 4.66. The van der Waals surface area contributed by atoms with Crippen molar-refractivity contribution in [2.45, 2.75) is 92.7 Å². The van der Waals surface area contributed by atoms with Crippen molar-refractivity contribution in [2.24, 2.45) is 5.92 Å². The van der Waals surface area contributed by atoms with Gasteiger partial charge in [-0.05, 0) is 95.0 Å². The molecule has 1 amide bonds. The Labute approximate surface area is 233 Å². The summed E-state index contributed by atoms with van der Waals surface area (Å²) >= 11 is 0. The second-order valence-electron chi connectivity index (χ2n) is 11.6. The van der Waals surface area contributed by atoms with E-state index in [4.69, 9.17) is 14.5 Å². The summed E-state index contributed by atoms with van der Waals surface area (Å²) < 4.78 is 10.6. The molecule has 2 aromatic carbocycles. The first-order chi connectivity index (χ1) is 18.5. The molecule has 210 valence electrons. The summed E-state index contributed by atoms with van der Waals surface area (Å²) in [6.45, 7) is 14.6. The second-order valence-corrected chi connectivity index (χ2v) is 11.6. The number of ether oxygens (including phenoxy) is 2. The Morgan fingerprint density at radius 3 is 2.38 bits per heavy atom. The minimum absolute atomic E-state index is 0.137. The normalized spacial score (nSPS) is 11.6. The van der Waals surface area contributed by atoms with Gasteiger partial charge in [-0.1, -0.05) is 49.7 Å². The molecule has 0 bridgehead atoms. The van der Waals surface area contributed by atoms with Crippen LogP contribution in [0.4, 0.5) is 4.79 Å². The smallest absolute Gasteiger partial charge is 0.407 e. The summed E-state index contributed by atoms with van der Waals surface area (Å²) in [5.41, 5.74) is 6.96. The van der Waals surface area contributed by atoms with Gasteiger partial charge in [0.2, 0.25) is 0 Å². The van der Waals surface area contributed by atoms with E-state index in [2.05, 4.69) is 68.6 Å². The van der Waals surface area contributed by atoms with Gasteiger partial charge in [-0.15, -0.1) is 0 Å². The molecule has 6 heteroatoms. The Bertz CT molecular complexity index is 1270. The van der Waals surface area contributed by atoms with Crippen molar-refractivity contribution in [1.29, 1.82) is 0 Å². The zero-order valence-electron chi connectivity index (χ0n) is 24.6. The number of fused-ring (bicyclic) bond motifs is 1. The number of unbranched alkanes of at least 4 members (excludes halogenated alkanes) is 1. The topological polar surface area (TPSA) is 77.5 Å². The first kappa shape index (κ1) is 30.1. The van der Waals surface area contributed by atoms with Crippen LogP contribution in [0.5, 0.6) is 0 Å². The summed E-state index contributed by atoms with van der Waals surface area (Å²) in [6.07, 6.45) is 3.35. The van der Waals surface area contributed by atoms with Crippen LogP contribution in [0.3, 0.4) is 0 Å². The van der Waals surface area contributed by atoms with E-state index >= 15 is 0 Å². The number of aromatic nitrogens is 1. The maximum atomic E-state index is 12.6. The minimum Gasteiger partial charge on any atom is -0.466 e. The van der Waals surface area contributed by atoms with E-state index in [1.807, 2.05) is 27.7 Å². The van der Waals surface area contributed by atoms with E-state index < -0.39 is 11.7 Å². The Morgan fingerprint density at radius 2 is 1.74 bits per heavy atom. The molecule has 0 saturated heterocycles. The Morgan fingerprint density at radius 1 is 1.03 bits per heavy atom. The summed E-state index contributed by atoms with van der Waals surface area (Å²) in [7, 11) is 0. The maximum absolute atomic E-state index is 12.6. The molecule has 39 heavy (non-hydrogen) atoms. The molecule has 0 aliphatic rings. The number of esters is 1. The van der Waals surface area contributed by atoms with E-state index in [-0.39, 0.29) is 5.97 Å². The number of pyridine rings is 1. The quantitative estimate of drug-likeness (QED) is 0.202. The van der Waals surface area contributed by atoms with Crippen LogP contribution in [0.15, 0.2) is 42.5 Å². The number of nitrogens with zero attached hydrogens (tertiary/aromatic N) is 1. The number of rotatable bonds is 11. The van der Waals surface area contributed by atoms with E-state index in [0.29, 0.717) is 25.5 Å². The van der Waals surface area contributed by atoms with E-state index in [1.54, 1.807) is 0 Å². The maximum Gasteiger partial charge on any atom is 0.407 e. The fourth-order valence-corrected chi connectivity index (χ4v) is 4.66. The Kier molecular flexibility index (Phi) is 10.5. The average molecular weight is 533 g/mol. The van der Waals surface area contributed by atoms with Crippen LogP contribution >= 0.6 is 0 Å². The molecule has 0 aliphatic heterocycles. The molecule has 6 nitrogen and oxygen atoms in total. The van der Waals surface area contributed by atoms with Gasteiger partial charge in [0.05, 0.1) is 12.1 Å². The SMILES string of the molecule is CCOC(=O)CCCCc1ccc2nc(CC(C)C)c(CNC(=O)OC(C)(C)C)c(-c3ccc(C)cc3)c2c1. The largest absolute Gasteiger partial charge is 0.466 e. The summed E-state index contributed by atoms with van der Waals surface area (Å²) in [5.74, 6) is 0.265. The van der Waals surface area contributed by atoms with Gasteiger partial charge < -0.3 is 14.8 Å². The molecule has 1 heterocycles. The number of aryl methyl sites for hydroxylation is 2. The zero-order valence-corrected chi connectivity index (χ0v) is 24.6. The number of hydrogen-bond donors (Lipinski definition) is 1. The van der Waals surface area contributed by atoms with Crippen LogP contribution in [-0.2, 0) is 33.7 Å². The van der Waals surface area contributed by atoms with Gasteiger partial charge in [0, 0.05) is 29.6 Å². The minimum atomic E-state index is -0.575. The Hall–Kier alpha value is -3.41. The lowest BCUT2D eigenvalue weighted by atomic mass is 9.90. The highest BCUT2D eigenvalue weighted by Gasteiger charge is 2.21. The van der Waals surface area contributed by atoms with Gasteiger partial charge in [-0.3, -0.25) is 9.78 Å². The van der Waals surface area contributed by atoms with Crippen molar-refractivity contribution in [2.75, 3.05) is 6.61 Å². The zero-order chi connectivity index (χ0) is 28.6. The van der Waals surface area contributed by atoms with E-state index in [1.165, 1.54) is 11.1 Å². The van der Waals surface area contributed by atoms with Crippen LogP contribution in [0.25, 0.3) is 22.0 Å². The first-order valence-corrected chi connectivity index (χ1v) is 14.1. The van der Waals surface area contributed by atoms with Gasteiger partial charge in [0.25, 0.3) is 0 Å². The molecule has 0 radical (unpaired) electrons. The second kappa shape index (κ2) is 13.6. The van der Waals surface area contributed by atoms with Crippen molar-refractivity contribution in [3.8, 4) is 11.1 Å². The number of carbonyl (C=O) groups is 2. The third kappa shape index (κ3) is 9.09. The lowest BCUT2D eigenvalue weighted by molar-refractivity contribution is -0.143. The van der Waals surface area contributed by atoms with Gasteiger partial charge in [0.1, 0.15) is 5.60 Å². The number of benzene rings is 2. The van der Waals surface area contributed by atoms with Crippen LogP contribution in [0.1, 0.15) is 83.2 Å². The van der Waals surface area contributed by atoms with Crippen molar-refractivity contribution >= 4 is 23.0 Å². The number of amides is 1. The first-order valence-electron chi connectivity index (χ1n) is 14.1. The highest BCUT2D eigenvalue weighted by Crippen LogP contribution is 2.35. The number of alkyl carbamates (subject to hydrolysis) is 1. The molecule has 1 N–H and O–H groups in total. The summed E-state index contributed by atoms with van der Waals surface area (Å²) in [6, 6.07) is 15.0. The highest BCUT2D eigenvalue weighted by atomic mass is 16.6. The van der Waals surface area contributed by atoms with Gasteiger partial charge in [-0.25, -0.2) is 4.79 Å². The molecular weight excluding hydrogens is 488 g/mol. The molecule has 3 rings (SSSR count). The average Bonchev–Trinajstić information content (AvgIpc) is 2.84. The highest BCUT2D eigenvalue weighted by molar-refractivity contribution is 5.97. The monoisotopic (exact) mass is 532 g/mol. The molecule has 0 spiro atoms. The van der Waals surface area contributed by atoms with Crippen molar-refractivity contribution in [3.63, 3.8) is 0 Å². The van der Waals surface area contributed by atoms with Gasteiger partial charge in [0.15, 0.2) is 0 Å². The predicted octanol–water partition coefficient (Wildman–Crippen LogP) is 7.71. The summed E-state index contributed by atoms with van der Waals surface area (Å²) in [5, 5.41) is 4.05. The molecule has 1 aromatic heterocycles. The third-order valence-corrected chi connectivity index (χ3v) is 6.39. The lowest BCUT2D eigenvalue weighted by Crippen LogP contribution is -2.32. The number of hydrogen-bond acceptors (Lipinski definition) is 5. The molecule has 0 aliphatic carbocycles. The van der Waals surface area contributed by atoms with E-state index in [9.17, 15) is 9.59 Å². The van der Waals surface area contributed by atoms with Crippen LogP contribution in [-0.4, -0.2) is 29.3 Å². The molecule has 3 aromatic rings. The van der Waals surface area contributed by atoms with E-state index in [0.717, 1.165) is 59.0 Å². The molecule has 0 unspecified atom stereocenters. The molecule has 0 fully saturated rings. The van der Waals surface area contributed by atoms with Crippen LogP contribution < -0.4 is 5.32 Å². The number of carbonyl (C=O) groups excluding carboxylic acids is 2. The molecule has 0 atom stereocenters. The van der Waals surface area contributed by atoms with Crippen molar-refractivity contribution in [3.05, 3.63) is 64.8 Å². The van der Waals surface area contributed by atoms with Gasteiger partial charge >= 0.3 is 12.1 Å². The van der Waals surface area contributed by atoms with Crippen LogP contribution in [0.2, 0.25) is 0 Å². The van der Waals surface area contributed by atoms with Crippen molar-refractivity contribution < 1.29 is 19.1 Å². The third-order valence-electron chi connectivity index (χ3n) is 6.39. The predicted molar refractivity (Wildman–Crippen MR) is 158 cm³/mol. The summed E-state index contributed by atoms with van der Waals surface area (Å²) in [4.78, 5) is 29.4.